The van der Waals surface area contributed by atoms with E-state index < -0.39 is 0 Å². The Labute approximate surface area is 110 Å². The van der Waals surface area contributed by atoms with Gasteiger partial charge in [0.1, 0.15) is 5.69 Å². The maximum absolute atomic E-state index is 12.5. The molecule has 0 N–H and O–H groups in total. The minimum absolute atomic E-state index is 0.206. The zero-order valence-corrected chi connectivity index (χ0v) is 11.7. The molecule has 18 heavy (non-hydrogen) atoms. The first kappa shape index (κ1) is 13.3. The van der Waals surface area contributed by atoms with E-state index >= 15 is 0 Å². The second kappa shape index (κ2) is 5.64. The highest BCUT2D eigenvalue weighted by Crippen LogP contribution is 2.33. The van der Waals surface area contributed by atoms with Crippen molar-refractivity contribution in [3.8, 4) is 0 Å². The lowest BCUT2D eigenvalue weighted by molar-refractivity contribution is 0.0856. The van der Waals surface area contributed by atoms with Crippen LogP contribution in [0.4, 0.5) is 0 Å². The van der Waals surface area contributed by atoms with Crippen LogP contribution in [0, 0.1) is 25.7 Å². The Hall–Kier alpha value is -1.18. The van der Waals surface area contributed by atoms with Gasteiger partial charge in [-0.05, 0) is 43.7 Å². The minimum Gasteiger partial charge on any atom is -0.292 e. The number of Topliss-reactive ketones (excluding diaryl/α,β-unsaturated/α-hetero) is 1. The van der Waals surface area contributed by atoms with Gasteiger partial charge >= 0.3 is 0 Å². The fraction of sp³-hybridized carbons (Fsp3) is 0.625. The first-order chi connectivity index (χ1) is 8.61. The maximum Gasteiger partial charge on any atom is 0.184 e. The quantitative estimate of drug-likeness (QED) is 0.750. The molecular weight excluding hydrogens is 222 g/mol. The Morgan fingerprint density at radius 2 is 2.17 bits per heavy atom. The summed E-state index contributed by atoms with van der Waals surface area (Å²) in [4.78, 5) is 16.9. The van der Waals surface area contributed by atoms with Gasteiger partial charge in [-0.2, -0.15) is 0 Å². The Kier molecular flexibility index (Phi) is 4.15. The molecule has 1 fully saturated rings. The van der Waals surface area contributed by atoms with Gasteiger partial charge in [0, 0.05) is 12.1 Å². The van der Waals surface area contributed by atoms with Crippen LogP contribution >= 0.6 is 0 Å². The number of aromatic nitrogens is 1. The minimum atomic E-state index is 0.206. The highest BCUT2D eigenvalue weighted by molar-refractivity contribution is 5.97. The number of carbonyl (C=O) groups excluding carboxylic acids is 1. The molecular formula is C16H23NO. The summed E-state index contributed by atoms with van der Waals surface area (Å²) >= 11 is 0. The fourth-order valence-corrected chi connectivity index (χ4v) is 3.07. The Balaban J connectivity index is 2.15. The molecule has 0 radical (unpaired) electrons. The van der Waals surface area contributed by atoms with Crippen molar-refractivity contribution in [3.05, 3.63) is 29.1 Å². The van der Waals surface area contributed by atoms with Gasteiger partial charge in [0.2, 0.25) is 0 Å². The summed E-state index contributed by atoms with van der Waals surface area (Å²) in [6.07, 6.45) is 7.60. The molecule has 0 amide bonds. The van der Waals surface area contributed by atoms with Crippen molar-refractivity contribution in [2.45, 2.75) is 52.9 Å². The number of nitrogens with zero attached hydrogens (tertiary/aromatic N) is 1. The number of aryl methyl sites for hydroxylation is 2. The Morgan fingerprint density at radius 3 is 2.83 bits per heavy atom. The molecule has 2 unspecified atom stereocenters. The van der Waals surface area contributed by atoms with Crippen molar-refractivity contribution in [2.75, 3.05) is 0 Å². The van der Waals surface area contributed by atoms with E-state index in [-0.39, 0.29) is 11.7 Å². The highest BCUT2D eigenvalue weighted by atomic mass is 16.1. The smallest absolute Gasteiger partial charge is 0.184 e. The topological polar surface area (TPSA) is 30.0 Å². The molecule has 1 aromatic rings. The second-order valence-electron chi connectivity index (χ2n) is 5.68. The van der Waals surface area contributed by atoms with Gasteiger partial charge in [-0.1, -0.05) is 32.3 Å². The largest absolute Gasteiger partial charge is 0.292 e. The van der Waals surface area contributed by atoms with E-state index in [4.69, 9.17) is 0 Å². The van der Waals surface area contributed by atoms with Crippen LogP contribution in [0.3, 0.4) is 0 Å². The number of carbonyl (C=O) groups is 1. The van der Waals surface area contributed by atoms with Crippen LogP contribution in [-0.2, 0) is 0 Å². The molecule has 0 aromatic carbocycles. The van der Waals surface area contributed by atoms with Gasteiger partial charge < -0.3 is 0 Å². The predicted molar refractivity (Wildman–Crippen MR) is 73.8 cm³/mol. The summed E-state index contributed by atoms with van der Waals surface area (Å²) in [5, 5.41) is 0. The van der Waals surface area contributed by atoms with Gasteiger partial charge in [0.15, 0.2) is 5.78 Å². The van der Waals surface area contributed by atoms with Crippen LogP contribution < -0.4 is 0 Å². The summed E-state index contributed by atoms with van der Waals surface area (Å²) in [6, 6.07) is 2.06. The molecule has 98 valence electrons. The summed E-state index contributed by atoms with van der Waals surface area (Å²) in [5.74, 6) is 1.21. The van der Waals surface area contributed by atoms with Gasteiger partial charge in [-0.25, -0.2) is 0 Å². The van der Waals surface area contributed by atoms with Crippen LogP contribution in [0.25, 0.3) is 0 Å². The van der Waals surface area contributed by atoms with E-state index in [0.29, 0.717) is 5.69 Å². The third kappa shape index (κ3) is 2.80. The summed E-state index contributed by atoms with van der Waals surface area (Å²) in [7, 11) is 0. The van der Waals surface area contributed by atoms with Gasteiger partial charge in [-0.15, -0.1) is 0 Å². The highest BCUT2D eigenvalue weighted by Gasteiger charge is 2.28. The fourth-order valence-electron chi connectivity index (χ4n) is 3.07. The average molecular weight is 245 g/mol. The summed E-state index contributed by atoms with van der Waals surface area (Å²) < 4.78 is 0. The van der Waals surface area contributed by atoms with Crippen LogP contribution in [0.5, 0.6) is 0 Å². The third-order valence-corrected chi connectivity index (χ3v) is 4.18. The van der Waals surface area contributed by atoms with Crippen molar-refractivity contribution in [2.24, 2.45) is 11.8 Å². The summed E-state index contributed by atoms with van der Waals surface area (Å²) in [5.41, 5.74) is 2.85. The lowest BCUT2D eigenvalue weighted by Gasteiger charge is -2.27. The van der Waals surface area contributed by atoms with Crippen molar-refractivity contribution in [3.63, 3.8) is 0 Å². The number of rotatable bonds is 3. The second-order valence-corrected chi connectivity index (χ2v) is 5.68. The van der Waals surface area contributed by atoms with Crippen LogP contribution in [0.1, 0.15) is 60.6 Å². The van der Waals surface area contributed by atoms with E-state index in [0.717, 1.165) is 29.9 Å². The SMILES string of the molecule is CCC1CCCC(C(=O)c2ncc(C)cc2C)C1. The Morgan fingerprint density at radius 1 is 1.39 bits per heavy atom. The molecule has 2 rings (SSSR count). The van der Waals surface area contributed by atoms with Gasteiger partial charge in [0.25, 0.3) is 0 Å². The van der Waals surface area contributed by atoms with Crippen molar-refractivity contribution in [1.82, 2.24) is 4.98 Å². The monoisotopic (exact) mass is 245 g/mol. The lowest BCUT2D eigenvalue weighted by Crippen LogP contribution is -2.24. The summed E-state index contributed by atoms with van der Waals surface area (Å²) in [6.45, 7) is 6.24. The lowest BCUT2D eigenvalue weighted by atomic mass is 9.77. The molecule has 1 aromatic heterocycles. The molecule has 0 saturated heterocycles. The normalized spacial score (nSPS) is 23.9. The first-order valence-corrected chi connectivity index (χ1v) is 7.09. The molecule has 1 aliphatic rings. The number of pyridine rings is 1. The predicted octanol–water partition coefficient (Wildman–Crippen LogP) is 4.10. The van der Waals surface area contributed by atoms with E-state index in [9.17, 15) is 4.79 Å². The van der Waals surface area contributed by atoms with Crippen molar-refractivity contribution in [1.29, 1.82) is 0 Å². The maximum atomic E-state index is 12.5. The van der Waals surface area contributed by atoms with E-state index in [2.05, 4.69) is 18.0 Å². The average Bonchev–Trinajstić information content (AvgIpc) is 2.38. The van der Waals surface area contributed by atoms with Gasteiger partial charge in [-0.3, -0.25) is 9.78 Å². The van der Waals surface area contributed by atoms with Crippen LogP contribution in [0.15, 0.2) is 12.3 Å². The van der Waals surface area contributed by atoms with E-state index in [1.165, 1.54) is 19.3 Å². The number of hydrogen-bond donors (Lipinski definition) is 0. The third-order valence-electron chi connectivity index (χ3n) is 4.18. The zero-order chi connectivity index (χ0) is 13.1. The molecule has 2 atom stereocenters. The van der Waals surface area contributed by atoms with Crippen molar-refractivity contribution < 1.29 is 4.79 Å². The Bertz CT molecular complexity index is 439. The van der Waals surface area contributed by atoms with E-state index in [1.54, 1.807) is 6.20 Å². The number of hydrogen-bond acceptors (Lipinski definition) is 2. The molecule has 1 saturated carbocycles. The standard InChI is InChI=1S/C16H23NO/c1-4-13-6-5-7-14(9-13)16(18)15-12(3)8-11(2)10-17-15/h8,10,13-14H,4-7,9H2,1-3H3. The van der Waals surface area contributed by atoms with Gasteiger partial charge in [0.05, 0.1) is 0 Å². The molecule has 1 aliphatic carbocycles. The first-order valence-electron chi connectivity index (χ1n) is 7.09. The molecule has 0 spiro atoms. The molecule has 2 heteroatoms. The molecule has 1 heterocycles. The van der Waals surface area contributed by atoms with Crippen LogP contribution in [-0.4, -0.2) is 10.8 Å². The zero-order valence-electron chi connectivity index (χ0n) is 11.7. The molecule has 2 nitrogen and oxygen atoms in total. The molecule has 0 bridgehead atoms. The number of ketones is 1. The van der Waals surface area contributed by atoms with E-state index in [1.807, 2.05) is 13.8 Å². The van der Waals surface area contributed by atoms with Crippen molar-refractivity contribution >= 4 is 5.78 Å². The van der Waals surface area contributed by atoms with Crippen LogP contribution in [0.2, 0.25) is 0 Å². The molecule has 0 aliphatic heterocycles.